The van der Waals surface area contributed by atoms with Crippen molar-refractivity contribution in [3.05, 3.63) is 66.0 Å². The Morgan fingerprint density at radius 3 is 2.25 bits per heavy atom. The summed E-state index contributed by atoms with van der Waals surface area (Å²) >= 11 is 0. The molecule has 28 heavy (non-hydrogen) atoms. The SMILES string of the molecule is CC(C)Cn1cnc2c(N3C(=O)c4ccccc4C3=O)nc3ccccc3c21. The number of hydrogen-bond acceptors (Lipinski definition) is 4. The van der Waals surface area contributed by atoms with Gasteiger partial charge < -0.3 is 4.57 Å². The number of anilines is 1. The molecule has 1 aliphatic rings. The molecule has 0 fully saturated rings. The second-order valence-electron chi connectivity index (χ2n) is 7.43. The first kappa shape index (κ1) is 16.6. The summed E-state index contributed by atoms with van der Waals surface area (Å²) in [6, 6.07) is 14.6. The average molecular weight is 370 g/mol. The van der Waals surface area contributed by atoms with Crippen molar-refractivity contribution in [3.8, 4) is 0 Å². The molecular weight excluding hydrogens is 352 g/mol. The first-order valence-electron chi connectivity index (χ1n) is 9.27. The van der Waals surface area contributed by atoms with E-state index in [1.807, 2.05) is 24.3 Å². The summed E-state index contributed by atoms with van der Waals surface area (Å²) < 4.78 is 2.08. The second kappa shape index (κ2) is 5.99. The number of pyridine rings is 1. The Morgan fingerprint density at radius 1 is 0.929 bits per heavy atom. The number of fused-ring (bicyclic) bond motifs is 4. The highest BCUT2D eigenvalue weighted by Gasteiger charge is 2.38. The largest absolute Gasteiger partial charge is 0.330 e. The third-order valence-corrected chi connectivity index (χ3v) is 5.00. The Hall–Kier alpha value is -3.54. The van der Waals surface area contributed by atoms with Crippen molar-refractivity contribution >= 4 is 39.6 Å². The third-order valence-electron chi connectivity index (χ3n) is 5.00. The standard InChI is InChI=1S/C22H18N4O2/c1-13(2)11-25-12-23-18-19(25)16-9-5-6-10-17(16)24-20(18)26-21(27)14-7-3-4-8-15(14)22(26)28/h3-10,12-13H,11H2,1-2H3. The summed E-state index contributed by atoms with van der Waals surface area (Å²) in [5.74, 6) is 0.000621. The number of amides is 2. The number of rotatable bonds is 3. The van der Waals surface area contributed by atoms with Gasteiger partial charge in [-0.15, -0.1) is 0 Å². The average Bonchev–Trinajstić information content (AvgIpc) is 3.21. The molecule has 5 rings (SSSR count). The molecule has 0 radical (unpaired) electrons. The molecule has 0 spiro atoms. The minimum atomic E-state index is -0.358. The van der Waals surface area contributed by atoms with Gasteiger partial charge >= 0.3 is 0 Å². The van der Waals surface area contributed by atoms with Crippen molar-refractivity contribution in [3.63, 3.8) is 0 Å². The van der Waals surface area contributed by atoms with Crippen LogP contribution in [0.5, 0.6) is 0 Å². The van der Waals surface area contributed by atoms with Crippen LogP contribution in [0.3, 0.4) is 0 Å². The number of aromatic nitrogens is 3. The molecule has 1 aliphatic heterocycles. The minimum Gasteiger partial charge on any atom is -0.330 e. The van der Waals surface area contributed by atoms with E-state index in [2.05, 4.69) is 28.4 Å². The van der Waals surface area contributed by atoms with E-state index in [9.17, 15) is 9.59 Å². The van der Waals surface area contributed by atoms with E-state index in [1.54, 1.807) is 30.6 Å². The quantitative estimate of drug-likeness (QED) is 0.511. The molecular formula is C22H18N4O2. The fraction of sp³-hybridized carbons (Fsp3) is 0.182. The maximum atomic E-state index is 13.0. The fourth-order valence-electron chi connectivity index (χ4n) is 3.84. The Balaban J connectivity index is 1.80. The smallest absolute Gasteiger partial charge is 0.267 e. The zero-order chi connectivity index (χ0) is 19.4. The number of hydrogen-bond donors (Lipinski definition) is 0. The van der Waals surface area contributed by atoms with Gasteiger partial charge in [0, 0.05) is 11.9 Å². The van der Waals surface area contributed by atoms with E-state index in [0.717, 1.165) is 27.9 Å². The predicted octanol–water partition coefficient (Wildman–Crippen LogP) is 4.04. The first-order chi connectivity index (χ1) is 13.6. The molecule has 138 valence electrons. The monoisotopic (exact) mass is 370 g/mol. The lowest BCUT2D eigenvalue weighted by Gasteiger charge is -2.16. The van der Waals surface area contributed by atoms with Crippen LogP contribution in [0.15, 0.2) is 54.9 Å². The Labute approximate surface area is 161 Å². The van der Waals surface area contributed by atoms with Gasteiger partial charge in [-0.3, -0.25) is 9.59 Å². The highest BCUT2D eigenvalue weighted by atomic mass is 16.2. The summed E-state index contributed by atoms with van der Waals surface area (Å²) in [5, 5.41) is 0.955. The molecule has 3 heterocycles. The molecule has 0 saturated carbocycles. The van der Waals surface area contributed by atoms with Crippen molar-refractivity contribution < 1.29 is 9.59 Å². The van der Waals surface area contributed by atoms with Crippen LogP contribution < -0.4 is 4.90 Å². The number of para-hydroxylation sites is 1. The van der Waals surface area contributed by atoms with Gasteiger partial charge in [-0.2, -0.15) is 0 Å². The molecule has 0 saturated heterocycles. The first-order valence-corrected chi connectivity index (χ1v) is 9.27. The molecule has 4 aromatic rings. The summed E-state index contributed by atoms with van der Waals surface area (Å²) in [7, 11) is 0. The molecule has 0 unspecified atom stereocenters. The van der Waals surface area contributed by atoms with E-state index in [0.29, 0.717) is 28.4 Å². The Kier molecular flexibility index (Phi) is 3.55. The lowest BCUT2D eigenvalue weighted by Crippen LogP contribution is -2.30. The Morgan fingerprint density at radius 2 is 1.57 bits per heavy atom. The topological polar surface area (TPSA) is 68.1 Å². The van der Waals surface area contributed by atoms with E-state index >= 15 is 0 Å². The van der Waals surface area contributed by atoms with Gasteiger partial charge in [0.2, 0.25) is 0 Å². The van der Waals surface area contributed by atoms with Gasteiger partial charge in [-0.05, 0) is 24.1 Å². The summed E-state index contributed by atoms with van der Waals surface area (Å²) in [5.41, 5.74) is 2.99. The number of imidazole rings is 1. The van der Waals surface area contributed by atoms with E-state index in [4.69, 9.17) is 0 Å². The molecule has 2 aromatic carbocycles. The van der Waals surface area contributed by atoms with Gasteiger partial charge in [-0.1, -0.05) is 44.2 Å². The van der Waals surface area contributed by atoms with Crippen LogP contribution in [0.4, 0.5) is 5.82 Å². The number of nitrogens with zero attached hydrogens (tertiary/aromatic N) is 4. The molecule has 2 amide bonds. The molecule has 0 atom stereocenters. The zero-order valence-corrected chi connectivity index (χ0v) is 15.6. The van der Waals surface area contributed by atoms with E-state index in [-0.39, 0.29) is 11.8 Å². The molecule has 6 heteroatoms. The van der Waals surface area contributed by atoms with Gasteiger partial charge in [-0.25, -0.2) is 14.9 Å². The summed E-state index contributed by atoms with van der Waals surface area (Å²) in [4.78, 5) is 36.4. The van der Waals surface area contributed by atoms with Crippen LogP contribution in [-0.4, -0.2) is 26.3 Å². The molecule has 0 aliphatic carbocycles. The van der Waals surface area contributed by atoms with Gasteiger partial charge in [0.15, 0.2) is 5.82 Å². The lowest BCUT2D eigenvalue weighted by atomic mass is 10.1. The summed E-state index contributed by atoms with van der Waals surface area (Å²) in [6.07, 6.45) is 1.76. The second-order valence-corrected chi connectivity index (χ2v) is 7.43. The molecule has 0 N–H and O–H groups in total. The van der Waals surface area contributed by atoms with Crippen molar-refractivity contribution in [2.75, 3.05) is 4.90 Å². The van der Waals surface area contributed by atoms with Crippen LogP contribution in [0.25, 0.3) is 21.9 Å². The van der Waals surface area contributed by atoms with Crippen molar-refractivity contribution in [1.29, 1.82) is 0 Å². The van der Waals surface area contributed by atoms with Crippen LogP contribution in [0.1, 0.15) is 34.6 Å². The fourth-order valence-corrected chi connectivity index (χ4v) is 3.84. The number of imide groups is 1. The van der Waals surface area contributed by atoms with Crippen LogP contribution in [0.2, 0.25) is 0 Å². The van der Waals surface area contributed by atoms with Crippen molar-refractivity contribution in [2.45, 2.75) is 20.4 Å². The predicted molar refractivity (Wildman–Crippen MR) is 107 cm³/mol. The van der Waals surface area contributed by atoms with E-state index in [1.165, 1.54) is 0 Å². The highest BCUT2D eigenvalue weighted by Crippen LogP contribution is 2.35. The lowest BCUT2D eigenvalue weighted by molar-refractivity contribution is 0.0925. The number of carbonyl (C=O) groups is 2. The molecule has 6 nitrogen and oxygen atoms in total. The van der Waals surface area contributed by atoms with Crippen LogP contribution in [0, 0.1) is 5.92 Å². The highest BCUT2D eigenvalue weighted by molar-refractivity contribution is 6.35. The number of carbonyl (C=O) groups excluding carboxylic acids is 2. The normalized spacial score (nSPS) is 13.9. The van der Waals surface area contributed by atoms with Gasteiger partial charge in [0.1, 0.15) is 5.52 Å². The molecule has 0 bridgehead atoms. The summed E-state index contributed by atoms with van der Waals surface area (Å²) in [6.45, 7) is 5.06. The van der Waals surface area contributed by atoms with Crippen LogP contribution >= 0.6 is 0 Å². The Bertz CT molecular complexity index is 1240. The van der Waals surface area contributed by atoms with Crippen molar-refractivity contribution in [2.24, 2.45) is 5.92 Å². The maximum absolute atomic E-state index is 13.0. The van der Waals surface area contributed by atoms with E-state index < -0.39 is 0 Å². The molecule has 2 aromatic heterocycles. The van der Waals surface area contributed by atoms with Crippen LogP contribution in [-0.2, 0) is 6.54 Å². The zero-order valence-electron chi connectivity index (χ0n) is 15.6. The van der Waals surface area contributed by atoms with Gasteiger partial charge in [0.05, 0.1) is 28.5 Å². The maximum Gasteiger partial charge on any atom is 0.267 e. The minimum absolute atomic E-state index is 0.294. The third kappa shape index (κ3) is 2.27. The van der Waals surface area contributed by atoms with Crippen molar-refractivity contribution in [1.82, 2.24) is 14.5 Å². The van der Waals surface area contributed by atoms with Gasteiger partial charge in [0.25, 0.3) is 11.8 Å². The number of benzene rings is 2.